The van der Waals surface area contributed by atoms with Gasteiger partial charge in [-0.3, -0.25) is 9.59 Å². The van der Waals surface area contributed by atoms with Gasteiger partial charge in [0.05, 0.1) is 5.41 Å². The van der Waals surface area contributed by atoms with Crippen LogP contribution in [0.5, 0.6) is 0 Å². The van der Waals surface area contributed by atoms with Gasteiger partial charge in [-0.05, 0) is 33.1 Å². The number of carbonyl (C=O) groups is 2. The fourth-order valence-electron chi connectivity index (χ4n) is 1.86. The second kappa shape index (κ2) is 4.07. The molecule has 0 N–H and O–H groups in total. The molecule has 0 saturated heterocycles. The Morgan fingerprint density at radius 2 is 1.86 bits per heavy atom. The van der Waals surface area contributed by atoms with Crippen LogP contribution in [-0.2, 0) is 9.59 Å². The van der Waals surface area contributed by atoms with Crippen molar-refractivity contribution in [2.45, 2.75) is 46.0 Å². The Morgan fingerprint density at radius 1 is 1.36 bits per heavy atom. The largest absolute Gasteiger partial charge is 0.299 e. The average molecular weight is 194 g/mol. The van der Waals surface area contributed by atoms with Crippen molar-refractivity contribution in [1.82, 2.24) is 0 Å². The van der Waals surface area contributed by atoms with E-state index in [0.717, 1.165) is 18.4 Å². The summed E-state index contributed by atoms with van der Waals surface area (Å²) in [6.07, 6.45) is 3.28. The highest BCUT2D eigenvalue weighted by atomic mass is 16.2. The Balaban J connectivity index is 2.72. The number of Topliss-reactive ketones (excluding diaryl/α,β-unsaturated/α-hetero) is 2. The molecule has 14 heavy (non-hydrogen) atoms. The highest BCUT2D eigenvalue weighted by Crippen LogP contribution is 2.34. The first-order valence-electron chi connectivity index (χ1n) is 5.18. The number of rotatable bonds is 3. The van der Waals surface area contributed by atoms with Crippen LogP contribution in [-0.4, -0.2) is 11.6 Å². The Labute approximate surface area is 85.4 Å². The average Bonchev–Trinajstić information content (AvgIpc) is 2.11. The molecule has 1 aliphatic carbocycles. The second-order valence-corrected chi connectivity index (χ2v) is 4.49. The molecule has 0 heterocycles. The molecule has 1 saturated carbocycles. The van der Waals surface area contributed by atoms with Crippen molar-refractivity contribution >= 4 is 11.6 Å². The summed E-state index contributed by atoms with van der Waals surface area (Å²) >= 11 is 0. The zero-order chi connectivity index (χ0) is 10.8. The molecule has 0 aromatic heterocycles. The van der Waals surface area contributed by atoms with E-state index in [-0.39, 0.29) is 11.6 Å². The lowest BCUT2D eigenvalue weighted by molar-refractivity contribution is -0.143. The molecule has 0 radical (unpaired) electrons. The molecule has 1 aliphatic rings. The third kappa shape index (κ3) is 2.11. The molecular formula is C12H18O2. The third-order valence-electron chi connectivity index (χ3n) is 3.09. The summed E-state index contributed by atoms with van der Waals surface area (Å²) in [6, 6.07) is 0. The Kier molecular flexibility index (Phi) is 3.25. The lowest BCUT2D eigenvalue weighted by Crippen LogP contribution is -2.39. The smallest absolute Gasteiger partial charge is 0.146 e. The fraction of sp³-hybridized carbons (Fsp3) is 0.667. The zero-order valence-corrected chi connectivity index (χ0v) is 9.06. The number of hydrogen-bond acceptors (Lipinski definition) is 2. The molecular weight excluding hydrogens is 176 g/mol. The monoisotopic (exact) mass is 194 g/mol. The van der Waals surface area contributed by atoms with Crippen molar-refractivity contribution in [2.24, 2.45) is 5.41 Å². The van der Waals surface area contributed by atoms with Gasteiger partial charge in [0.25, 0.3) is 0 Å². The highest BCUT2D eigenvalue weighted by Gasteiger charge is 2.41. The van der Waals surface area contributed by atoms with Crippen molar-refractivity contribution in [3.63, 3.8) is 0 Å². The van der Waals surface area contributed by atoms with E-state index >= 15 is 0 Å². The molecule has 0 bridgehead atoms. The molecule has 0 atom stereocenters. The summed E-state index contributed by atoms with van der Waals surface area (Å²) in [5, 5.41) is 0. The van der Waals surface area contributed by atoms with E-state index in [2.05, 4.69) is 6.58 Å². The van der Waals surface area contributed by atoms with Crippen LogP contribution in [0.2, 0.25) is 0 Å². The van der Waals surface area contributed by atoms with Gasteiger partial charge in [-0.2, -0.15) is 0 Å². The topological polar surface area (TPSA) is 34.1 Å². The van der Waals surface area contributed by atoms with Crippen molar-refractivity contribution in [3.05, 3.63) is 12.2 Å². The molecule has 2 nitrogen and oxygen atoms in total. The number of hydrogen-bond donors (Lipinski definition) is 0. The van der Waals surface area contributed by atoms with Crippen molar-refractivity contribution in [3.8, 4) is 0 Å². The van der Waals surface area contributed by atoms with Gasteiger partial charge in [0, 0.05) is 12.8 Å². The molecule has 0 aromatic carbocycles. The molecule has 78 valence electrons. The van der Waals surface area contributed by atoms with Crippen LogP contribution in [0.1, 0.15) is 46.0 Å². The standard InChI is InChI=1S/C12H18O2/c1-9(2)7-8-12(3)10(13)5-4-6-11(12)14/h1,4-8H2,2-3H3. The van der Waals surface area contributed by atoms with E-state index in [1.54, 1.807) is 6.92 Å². The van der Waals surface area contributed by atoms with Gasteiger partial charge in [0.2, 0.25) is 0 Å². The van der Waals surface area contributed by atoms with E-state index in [1.165, 1.54) is 0 Å². The van der Waals surface area contributed by atoms with Crippen LogP contribution in [0, 0.1) is 5.41 Å². The second-order valence-electron chi connectivity index (χ2n) is 4.49. The van der Waals surface area contributed by atoms with Gasteiger partial charge in [-0.25, -0.2) is 0 Å². The predicted molar refractivity (Wildman–Crippen MR) is 56.0 cm³/mol. The summed E-state index contributed by atoms with van der Waals surface area (Å²) in [6.45, 7) is 7.52. The van der Waals surface area contributed by atoms with Crippen LogP contribution < -0.4 is 0 Å². The number of allylic oxidation sites excluding steroid dienone is 1. The van der Waals surface area contributed by atoms with Crippen molar-refractivity contribution in [1.29, 1.82) is 0 Å². The fourth-order valence-corrected chi connectivity index (χ4v) is 1.86. The lowest BCUT2D eigenvalue weighted by atomic mass is 9.70. The van der Waals surface area contributed by atoms with Crippen LogP contribution in [0.3, 0.4) is 0 Å². The molecule has 0 spiro atoms. The van der Waals surface area contributed by atoms with Gasteiger partial charge in [0.15, 0.2) is 0 Å². The van der Waals surface area contributed by atoms with Crippen molar-refractivity contribution < 1.29 is 9.59 Å². The van der Waals surface area contributed by atoms with Gasteiger partial charge in [-0.15, -0.1) is 6.58 Å². The SMILES string of the molecule is C=C(C)CCC1(C)C(=O)CCCC1=O. The maximum absolute atomic E-state index is 11.7. The molecule has 0 aliphatic heterocycles. The Morgan fingerprint density at radius 3 is 2.29 bits per heavy atom. The summed E-state index contributed by atoms with van der Waals surface area (Å²) in [5.74, 6) is 0.241. The molecule has 0 amide bonds. The minimum atomic E-state index is -0.711. The lowest BCUT2D eigenvalue weighted by Gasteiger charge is -2.30. The quantitative estimate of drug-likeness (QED) is 0.511. The predicted octanol–water partition coefficient (Wildman–Crippen LogP) is 2.67. The summed E-state index contributed by atoms with van der Waals surface area (Å²) in [5.41, 5.74) is 0.328. The zero-order valence-electron chi connectivity index (χ0n) is 9.06. The first kappa shape index (κ1) is 11.2. The maximum Gasteiger partial charge on any atom is 0.146 e. The maximum atomic E-state index is 11.7. The molecule has 2 heteroatoms. The van der Waals surface area contributed by atoms with Crippen LogP contribution in [0.4, 0.5) is 0 Å². The summed E-state index contributed by atoms with van der Waals surface area (Å²) in [4.78, 5) is 23.4. The van der Waals surface area contributed by atoms with Gasteiger partial charge in [-0.1, -0.05) is 5.57 Å². The first-order valence-corrected chi connectivity index (χ1v) is 5.18. The highest BCUT2D eigenvalue weighted by molar-refractivity contribution is 6.08. The van der Waals surface area contributed by atoms with Crippen LogP contribution >= 0.6 is 0 Å². The minimum Gasteiger partial charge on any atom is -0.299 e. The first-order chi connectivity index (χ1) is 6.47. The summed E-state index contributed by atoms with van der Waals surface area (Å²) in [7, 11) is 0. The molecule has 0 unspecified atom stereocenters. The van der Waals surface area contributed by atoms with Crippen molar-refractivity contribution in [2.75, 3.05) is 0 Å². The normalized spacial score (nSPS) is 21.0. The minimum absolute atomic E-state index is 0.120. The summed E-state index contributed by atoms with van der Waals surface area (Å²) < 4.78 is 0. The third-order valence-corrected chi connectivity index (χ3v) is 3.09. The number of carbonyl (C=O) groups excluding carboxylic acids is 2. The number of ketones is 2. The van der Waals surface area contributed by atoms with Gasteiger partial charge >= 0.3 is 0 Å². The Bertz CT molecular complexity index is 260. The molecule has 0 aromatic rings. The van der Waals surface area contributed by atoms with Crippen LogP contribution in [0.15, 0.2) is 12.2 Å². The van der Waals surface area contributed by atoms with E-state index in [4.69, 9.17) is 0 Å². The van der Waals surface area contributed by atoms with E-state index < -0.39 is 5.41 Å². The van der Waals surface area contributed by atoms with Crippen LogP contribution in [0.25, 0.3) is 0 Å². The molecule has 1 fully saturated rings. The van der Waals surface area contributed by atoms with Gasteiger partial charge in [0.1, 0.15) is 11.6 Å². The van der Waals surface area contributed by atoms with Gasteiger partial charge < -0.3 is 0 Å². The molecule has 1 rings (SSSR count). The van der Waals surface area contributed by atoms with E-state index in [1.807, 2.05) is 6.92 Å². The Hall–Kier alpha value is -0.920. The van der Waals surface area contributed by atoms with E-state index in [0.29, 0.717) is 19.3 Å². The van der Waals surface area contributed by atoms with E-state index in [9.17, 15) is 9.59 Å².